The smallest absolute Gasteiger partial charge is 0.255 e. The van der Waals surface area contributed by atoms with Crippen molar-refractivity contribution >= 4 is 40.5 Å². The molecule has 118 valence electrons. The molecular formula is C17H17N3O2S. The van der Waals surface area contributed by atoms with Gasteiger partial charge in [-0.25, -0.2) is 0 Å². The Morgan fingerprint density at radius 2 is 1.48 bits per heavy atom. The number of hydrogen-bond donors (Lipinski definition) is 3. The first-order valence-electron chi connectivity index (χ1n) is 7.16. The Bertz CT molecular complexity index is 700. The van der Waals surface area contributed by atoms with Gasteiger partial charge in [-0.1, -0.05) is 25.1 Å². The fourth-order valence-corrected chi connectivity index (χ4v) is 2.04. The van der Waals surface area contributed by atoms with Gasteiger partial charge >= 0.3 is 0 Å². The molecule has 0 fully saturated rings. The maximum Gasteiger partial charge on any atom is 0.255 e. The van der Waals surface area contributed by atoms with Gasteiger partial charge in [-0.05, 0) is 48.6 Å². The van der Waals surface area contributed by atoms with Crippen LogP contribution in [0, 0.1) is 0 Å². The lowest BCUT2D eigenvalue weighted by atomic mass is 10.2. The largest absolute Gasteiger partial charge is 0.332 e. The third kappa shape index (κ3) is 5.19. The van der Waals surface area contributed by atoms with E-state index in [1.807, 2.05) is 18.2 Å². The lowest BCUT2D eigenvalue weighted by Crippen LogP contribution is -2.33. The predicted octanol–water partition coefficient (Wildman–Crippen LogP) is 3.16. The maximum absolute atomic E-state index is 12.0. The van der Waals surface area contributed by atoms with E-state index < -0.39 is 0 Å². The van der Waals surface area contributed by atoms with Crippen LogP contribution >= 0.6 is 12.2 Å². The quantitative estimate of drug-likeness (QED) is 0.755. The van der Waals surface area contributed by atoms with Crippen LogP contribution in [0.2, 0.25) is 0 Å². The third-order valence-electron chi connectivity index (χ3n) is 3.01. The topological polar surface area (TPSA) is 70.2 Å². The molecule has 6 heteroatoms. The SMILES string of the molecule is CCC(=O)NC(=S)Nc1ccc(NC(=O)c2ccccc2)cc1. The number of rotatable bonds is 4. The molecule has 0 saturated heterocycles. The molecule has 0 heterocycles. The first-order valence-corrected chi connectivity index (χ1v) is 7.56. The Balaban J connectivity index is 1.93. The summed E-state index contributed by atoms with van der Waals surface area (Å²) in [6.45, 7) is 1.75. The van der Waals surface area contributed by atoms with Crippen LogP contribution in [0.5, 0.6) is 0 Å². The molecule has 5 nitrogen and oxygen atoms in total. The molecule has 2 aromatic carbocycles. The van der Waals surface area contributed by atoms with Crippen LogP contribution in [0.15, 0.2) is 54.6 Å². The molecule has 0 spiro atoms. The summed E-state index contributed by atoms with van der Waals surface area (Å²) in [4.78, 5) is 23.3. The zero-order valence-electron chi connectivity index (χ0n) is 12.6. The normalized spacial score (nSPS) is 9.78. The van der Waals surface area contributed by atoms with Crippen LogP contribution in [-0.4, -0.2) is 16.9 Å². The second kappa shape index (κ2) is 8.05. The molecule has 0 saturated carbocycles. The van der Waals surface area contributed by atoms with Gasteiger partial charge in [-0.2, -0.15) is 0 Å². The molecule has 0 aliphatic carbocycles. The van der Waals surface area contributed by atoms with E-state index in [-0.39, 0.29) is 16.9 Å². The Labute approximate surface area is 140 Å². The number of carbonyl (C=O) groups excluding carboxylic acids is 2. The van der Waals surface area contributed by atoms with Crippen molar-refractivity contribution in [3.05, 3.63) is 60.2 Å². The molecule has 2 rings (SSSR count). The fraction of sp³-hybridized carbons (Fsp3) is 0.118. The Morgan fingerprint density at radius 3 is 2.04 bits per heavy atom. The van der Waals surface area contributed by atoms with Gasteiger partial charge in [-0.3, -0.25) is 9.59 Å². The molecule has 0 atom stereocenters. The van der Waals surface area contributed by atoms with E-state index in [0.717, 1.165) is 5.69 Å². The average molecular weight is 327 g/mol. The summed E-state index contributed by atoms with van der Waals surface area (Å²) < 4.78 is 0. The van der Waals surface area contributed by atoms with Crippen molar-refractivity contribution in [3.8, 4) is 0 Å². The molecule has 0 aliphatic heterocycles. The van der Waals surface area contributed by atoms with E-state index >= 15 is 0 Å². The summed E-state index contributed by atoms with van der Waals surface area (Å²) in [7, 11) is 0. The second-order valence-electron chi connectivity index (χ2n) is 4.75. The number of amides is 2. The summed E-state index contributed by atoms with van der Waals surface area (Å²) in [6, 6.07) is 16.0. The van der Waals surface area contributed by atoms with Crippen LogP contribution in [0.3, 0.4) is 0 Å². The minimum atomic E-state index is -0.169. The highest BCUT2D eigenvalue weighted by Gasteiger charge is 2.06. The van der Waals surface area contributed by atoms with Crippen molar-refractivity contribution in [2.24, 2.45) is 0 Å². The molecule has 0 radical (unpaired) electrons. The molecule has 3 N–H and O–H groups in total. The second-order valence-corrected chi connectivity index (χ2v) is 5.16. The summed E-state index contributed by atoms with van der Waals surface area (Å²) >= 11 is 5.03. The first kappa shape index (κ1) is 16.6. The van der Waals surface area contributed by atoms with Crippen molar-refractivity contribution in [3.63, 3.8) is 0 Å². The molecule has 23 heavy (non-hydrogen) atoms. The van der Waals surface area contributed by atoms with Gasteiger partial charge < -0.3 is 16.0 Å². The number of thiocarbonyl (C=S) groups is 1. The number of anilines is 2. The van der Waals surface area contributed by atoms with Gasteiger partial charge in [0.2, 0.25) is 5.91 Å². The number of benzene rings is 2. The minimum absolute atomic E-state index is 0.144. The van der Waals surface area contributed by atoms with Crippen molar-refractivity contribution < 1.29 is 9.59 Å². The zero-order valence-corrected chi connectivity index (χ0v) is 13.4. The number of hydrogen-bond acceptors (Lipinski definition) is 3. The Morgan fingerprint density at radius 1 is 0.913 bits per heavy atom. The lowest BCUT2D eigenvalue weighted by molar-refractivity contribution is -0.119. The highest BCUT2D eigenvalue weighted by Crippen LogP contribution is 2.14. The van der Waals surface area contributed by atoms with E-state index in [1.165, 1.54) is 0 Å². The fourth-order valence-electron chi connectivity index (χ4n) is 1.81. The standard InChI is InChI=1S/C17H17N3O2S/c1-2-15(21)20-17(23)19-14-10-8-13(9-11-14)18-16(22)12-6-4-3-5-7-12/h3-11H,2H2,1H3,(H,18,22)(H2,19,20,21,23). The molecule has 0 aliphatic rings. The van der Waals surface area contributed by atoms with Crippen molar-refractivity contribution in [1.29, 1.82) is 0 Å². The summed E-state index contributed by atoms with van der Waals surface area (Å²) in [5.74, 6) is -0.314. The molecule has 2 aromatic rings. The summed E-state index contributed by atoms with van der Waals surface area (Å²) in [5, 5.41) is 8.52. The molecule has 2 amide bonds. The van der Waals surface area contributed by atoms with Crippen molar-refractivity contribution in [2.75, 3.05) is 10.6 Å². The monoisotopic (exact) mass is 327 g/mol. The molecular weight excluding hydrogens is 310 g/mol. The van der Waals surface area contributed by atoms with Gasteiger partial charge in [0.05, 0.1) is 0 Å². The zero-order chi connectivity index (χ0) is 16.7. The predicted molar refractivity (Wildman–Crippen MR) is 95.5 cm³/mol. The van der Waals surface area contributed by atoms with Crippen LogP contribution in [-0.2, 0) is 4.79 Å². The van der Waals surface area contributed by atoms with Gasteiger partial charge in [-0.15, -0.1) is 0 Å². The summed E-state index contributed by atoms with van der Waals surface area (Å²) in [6.07, 6.45) is 0.367. The van der Waals surface area contributed by atoms with E-state index in [9.17, 15) is 9.59 Å². The van der Waals surface area contributed by atoms with E-state index in [1.54, 1.807) is 43.3 Å². The molecule has 0 unspecified atom stereocenters. The third-order valence-corrected chi connectivity index (χ3v) is 3.21. The minimum Gasteiger partial charge on any atom is -0.332 e. The van der Waals surface area contributed by atoms with Gasteiger partial charge in [0.15, 0.2) is 5.11 Å². The van der Waals surface area contributed by atoms with Crippen LogP contribution in [0.25, 0.3) is 0 Å². The maximum atomic E-state index is 12.0. The Hall–Kier alpha value is -2.73. The van der Waals surface area contributed by atoms with Crippen LogP contribution < -0.4 is 16.0 Å². The van der Waals surface area contributed by atoms with E-state index in [0.29, 0.717) is 17.7 Å². The van der Waals surface area contributed by atoms with E-state index in [2.05, 4.69) is 16.0 Å². The van der Waals surface area contributed by atoms with Crippen LogP contribution in [0.1, 0.15) is 23.7 Å². The highest BCUT2D eigenvalue weighted by atomic mass is 32.1. The van der Waals surface area contributed by atoms with Gasteiger partial charge in [0.1, 0.15) is 0 Å². The lowest BCUT2D eigenvalue weighted by Gasteiger charge is -2.10. The van der Waals surface area contributed by atoms with E-state index in [4.69, 9.17) is 12.2 Å². The number of nitrogens with one attached hydrogen (secondary N) is 3. The van der Waals surface area contributed by atoms with Crippen molar-refractivity contribution in [1.82, 2.24) is 5.32 Å². The Kier molecular flexibility index (Phi) is 5.82. The van der Waals surface area contributed by atoms with Gasteiger partial charge in [0.25, 0.3) is 5.91 Å². The number of carbonyl (C=O) groups is 2. The van der Waals surface area contributed by atoms with Crippen LogP contribution in [0.4, 0.5) is 11.4 Å². The van der Waals surface area contributed by atoms with Crippen molar-refractivity contribution in [2.45, 2.75) is 13.3 Å². The van der Waals surface area contributed by atoms with Gasteiger partial charge in [0, 0.05) is 23.4 Å². The molecule has 0 aromatic heterocycles. The highest BCUT2D eigenvalue weighted by molar-refractivity contribution is 7.80. The average Bonchev–Trinajstić information content (AvgIpc) is 2.57. The first-order chi connectivity index (χ1) is 11.1. The summed E-state index contributed by atoms with van der Waals surface area (Å²) in [5.41, 5.74) is 2.00. The molecule has 0 bridgehead atoms.